The molecule has 0 aromatic carbocycles. The number of aryl methyl sites for hydroxylation is 1. The normalized spacial score (nSPS) is 15.9. The van der Waals surface area contributed by atoms with Crippen molar-refractivity contribution in [3.05, 3.63) is 16.0 Å². The van der Waals surface area contributed by atoms with Crippen molar-refractivity contribution in [1.29, 1.82) is 0 Å². The molecule has 3 nitrogen and oxygen atoms in total. The summed E-state index contributed by atoms with van der Waals surface area (Å²) in [5.41, 5.74) is 1.16. The minimum atomic E-state index is 0.656. The molecule has 1 aliphatic carbocycles. The molecule has 1 heterocycles. The van der Waals surface area contributed by atoms with Crippen LogP contribution in [0.3, 0.4) is 0 Å². The predicted molar refractivity (Wildman–Crippen MR) is 56.0 cm³/mol. The monoisotopic (exact) mass is 241 g/mol. The summed E-state index contributed by atoms with van der Waals surface area (Å²) in [4.78, 5) is 8.74. The fourth-order valence-corrected chi connectivity index (χ4v) is 2.07. The van der Waals surface area contributed by atoms with Crippen LogP contribution >= 0.6 is 15.9 Å². The zero-order valence-electron chi connectivity index (χ0n) is 7.76. The lowest BCUT2D eigenvalue weighted by atomic mass is 10.2. The summed E-state index contributed by atoms with van der Waals surface area (Å²) in [7, 11) is 1.88. The van der Waals surface area contributed by atoms with E-state index < -0.39 is 0 Å². The van der Waals surface area contributed by atoms with Crippen LogP contribution in [0.15, 0.2) is 4.47 Å². The van der Waals surface area contributed by atoms with Crippen molar-refractivity contribution in [3.63, 3.8) is 0 Å². The van der Waals surface area contributed by atoms with Gasteiger partial charge >= 0.3 is 0 Å². The van der Waals surface area contributed by atoms with E-state index in [1.54, 1.807) is 0 Å². The Balaban J connectivity index is 2.47. The summed E-state index contributed by atoms with van der Waals surface area (Å²) in [6.07, 6.45) is 2.52. The van der Waals surface area contributed by atoms with E-state index in [1.807, 2.05) is 14.0 Å². The summed E-state index contributed by atoms with van der Waals surface area (Å²) in [6.45, 7) is 1.93. The first-order chi connectivity index (χ1) is 6.22. The van der Waals surface area contributed by atoms with Gasteiger partial charge in [0.25, 0.3) is 0 Å². The van der Waals surface area contributed by atoms with Crippen LogP contribution in [0, 0.1) is 6.92 Å². The number of anilines is 1. The highest BCUT2D eigenvalue weighted by molar-refractivity contribution is 9.10. The molecule has 0 amide bonds. The van der Waals surface area contributed by atoms with Gasteiger partial charge in [0, 0.05) is 13.0 Å². The van der Waals surface area contributed by atoms with E-state index in [-0.39, 0.29) is 0 Å². The number of hydrogen-bond acceptors (Lipinski definition) is 3. The third-order valence-corrected chi connectivity index (χ3v) is 2.97. The first kappa shape index (κ1) is 8.94. The molecule has 0 aliphatic heterocycles. The molecule has 1 aromatic heterocycles. The Kier molecular flexibility index (Phi) is 2.24. The van der Waals surface area contributed by atoms with E-state index in [0.29, 0.717) is 5.92 Å². The Labute approximate surface area is 86.1 Å². The summed E-state index contributed by atoms with van der Waals surface area (Å²) in [6, 6.07) is 0. The van der Waals surface area contributed by atoms with Gasteiger partial charge < -0.3 is 5.32 Å². The first-order valence-corrected chi connectivity index (χ1v) is 5.23. The Morgan fingerprint density at radius 1 is 1.38 bits per heavy atom. The minimum absolute atomic E-state index is 0.656. The molecule has 13 heavy (non-hydrogen) atoms. The zero-order valence-corrected chi connectivity index (χ0v) is 9.35. The van der Waals surface area contributed by atoms with Gasteiger partial charge in [0.1, 0.15) is 11.6 Å². The highest BCUT2D eigenvalue weighted by Gasteiger charge is 2.28. The van der Waals surface area contributed by atoms with Crippen LogP contribution in [-0.4, -0.2) is 17.0 Å². The molecule has 70 valence electrons. The molecule has 1 aromatic rings. The van der Waals surface area contributed by atoms with Gasteiger partial charge in [-0.25, -0.2) is 9.97 Å². The van der Waals surface area contributed by atoms with Crippen LogP contribution in [0.5, 0.6) is 0 Å². The van der Waals surface area contributed by atoms with Crippen molar-refractivity contribution in [2.75, 3.05) is 12.4 Å². The Morgan fingerprint density at radius 2 is 2.08 bits per heavy atom. The van der Waals surface area contributed by atoms with Crippen molar-refractivity contribution in [1.82, 2.24) is 9.97 Å². The smallest absolute Gasteiger partial charge is 0.144 e. The SMILES string of the molecule is CNc1nc(C)nc(C2CC2)c1Br. The standard InChI is InChI=1S/C9H12BrN3/c1-5-12-8(6-3-4-6)7(10)9(11-2)13-5/h6H,3-4H2,1-2H3,(H,11,12,13). The lowest BCUT2D eigenvalue weighted by Gasteiger charge is -2.08. The molecule has 1 N–H and O–H groups in total. The zero-order chi connectivity index (χ0) is 9.42. The summed E-state index contributed by atoms with van der Waals surface area (Å²) < 4.78 is 1.03. The molecule has 2 rings (SSSR count). The van der Waals surface area contributed by atoms with E-state index in [4.69, 9.17) is 0 Å². The molecule has 0 bridgehead atoms. The number of hydrogen-bond donors (Lipinski definition) is 1. The van der Waals surface area contributed by atoms with Crippen molar-refractivity contribution < 1.29 is 0 Å². The summed E-state index contributed by atoms with van der Waals surface area (Å²) in [5, 5.41) is 3.06. The van der Waals surface area contributed by atoms with Crippen LogP contribution in [0.25, 0.3) is 0 Å². The number of halogens is 1. The second kappa shape index (κ2) is 3.25. The van der Waals surface area contributed by atoms with Gasteiger partial charge in [-0.05, 0) is 35.7 Å². The lowest BCUT2D eigenvalue weighted by Crippen LogP contribution is -2.02. The Morgan fingerprint density at radius 3 is 2.62 bits per heavy atom. The van der Waals surface area contributed by atoms with Gasteiger partial charge in [-0.2, -0.15) is 0 Å². The van der Waals surface area contributed by atoms with E-state index in [0.717, 1.165) is 21.8 Å². The maximum Gasteiger partial charge on any atom is 0.144 e. The fraction of sp³-hybridized carbons (Fsp3) is 0.556. The van der Waals surface area contributed by atoms with E-state index in [1.165, 1.54) is 12.8 Å². The molecular weight excluding hydrogens is 230 g/mol. The van der Waals surface area contributed by atoms with Crippen LogP contribution in [0.1, 0.15) is 30.3 Å². The van der Waals surface area contributed by atoms with Crippen molar-refractivity contribution in [2.45, 2.75) is 25.7 Å². The third-order valence-electron chi connectivity index (χ3n) is 2.19. The number of nitrogens with zero attached hydrogens (tertiary/aromatic N) is 2. The maximum absolute atomic E-state index is 4.45. The van der Waals surface area contributed by atoms with Gasteiger partial charge in [-0.3, -0.25) is 0 Å². The average molecular weight is 242 g/mol. The number of aromatic nitrogens is 2. The molecule has 0 saturated heterocycles. The van der Waals surface area contributed by atoms with E-state index in [9.17, 15) is 0 Å². The second-order valence-corrected chi connectivity index (χ2v) is 4.14. The van der Waals surface area contributed by atoms with Crippen molar-refractivity contribution in [2.24, 2.45) is 0 Å². The third kappa shape index (κ3) is 1.68. The Bertz CT molecular complexity index is 334. The minimum Gasteiger partial charge on any atom is -0.372 e. The Hall–Kier alpha value is -0.640. The fourth-order valence-electron chi connectivity index (χ4n) is 1.37. The molecule has 1 fully saturated rings. The predicted octanol–water partition coefficient (Wildman–Crippen LogP) is 2.47. The molecule has 0 radical (unpaired) electrons. The van der Waals surface area contributed by atoms with Crippen LogP contribution < -0.4 is 5.32 Å². The van der Waals surface area contributed by atoms with Crippen LogP contribution in [-0.2, 0) is 0 Å². The summed E-state index contributed by atoms with van der Waals surface area (Å²) >= 11 is 3.53. The largest absolute Gasteiger partial charge is 0.372 e. The molecule has 1 saturated carbocycles. The topological polar surface area (TPSA) is 37.8 Å². The molecule has 4 heteroatoms. The molecule has 0 unspecified atom stereocenters. The van der Waals surface area contributed by atoms with Crippen LogP contribution in [0.2, 0.25) is 0 Å². The van der Waals surface area contributed by atoms with Crippen molar-refractivity contribution >= 4 is 21.7 Å². The van der Waals surface area contributed by atoms with Gasteiger partial charge in [0.05, 0.1) is 10.2 Å². The highest BCUT2D eigenvalue weighted by Crippen LogP contribution is 2.43. The second-order valence-electron chi connectivity index (χ2n) is 3.34. The van der Waals surface area contributed by atoms with Gasteiger partial charge in [-0.1, -0.05) is 0 Å². The molecule has 1 aliphatic rings. The van der Waals surface area contributed by atoms with Crippen molar-refractivity contribution in [3.8, 4) is 0 Å². The molecular formula is C9H12BrN3. The number of rotatable bonds is 2. The summed E-state index contributed by atoms with van der Waals surface area (Å²) in [5.74, 6) is 2.40. The molecule has 0 spiro atoms. The van der Waals surface area contributed by atoms with Gasteiger partial charge in [0.15, 0.2) is 0 Å². The molecule has 0 atom stereocenters. The first-order valence-electron chi connectivity index (χ1n) is 4.44. The highest BCUT2D eigenvalue weighted by atomic mass is 79.9. The lowest BCUT2D eigenvalue weighted by molar-refractivity contribution is 0.930. The van der Waals surface area contributed by atoms with Crippen LogP contribution in [0.4, 0.5) is 5.82 Å². The quantitative estimate of drug-likeness (QED) is 0.865. The van der Waals surface area contributed by atoms with E-state index in [2.05, 4.69) is 31.2 Å². The van der Waals surface area contributed by atoms with Gasteiger partial charge in [0.2, 0.25) is 0 Å². The van der Waals surface area contributed by atoms with E-state index >= 15 is 0 Å². The number of nitrogens with one attached hydrogen (secondary N) is 1. The average Bonchev–Trinajstić information content (AvgIpc) is 2.91. The maximum atomic E-state index is 4.45. The van der Waals surface area contributed by atoms with Gasteiger partial charge in [-0.15, -0.1) is 0 Å².